The van der Waals surface area contributed by atoms with Gasteiger partial charge in [-0.2, -0.15) is 0 Å². The first-order valence-electron chi connectivity index (χ1n) is 9.73. The number of ether oxygens (including phenoxy) is 1. The van der Waals surface area contributed by atoms with E-state index in [1.165, 1.54) is 5.56 Å². The molecule has 2 unspecified atom stereocenters. The minimum absolute atomic E-state index is 0.0848. The first-order valence-corrected chi connectivity index (χ1v) is 10.7. The van der Waals surface area contributed by atoms with Gasteiger partial charge in [0, 0.05) is 5.56 Å². The Labute approximate surface area is 166 Å². The molecule has 0 amide bonds. The maximum absolute atomic E-state index is 13.1. The topological polar surface area (TPSA) is 26.3 Å². The average Bonchev–Trinajstić information content (AvgIpc) is 2.55. The van der Waals surface area contributed by atoms with Crippen molar-refractivity contribution in [1.82, 2.24) is 0 Å². The van der Waals surface area contributed by atoms with Crippen molar-refractivity contribution in [3.8, 4) is 5.75 Å². The van der Waals surface area contributed by atoms with Gasteiger partial charge >= 0.3 is 0 Å². The van der Waals surface area contributed by atoms with E-state index in [4.69, 9.17) is 4.74 Å². The first kappa shape index (κ1) is 21.6. The largest absolute Gasteiger partial charge is 0.491 e. The highest BCUT2D eigenvalue weighted by Gasteiger charge is 2.20. The first-order chi connectivity index (χ1) is 12.5. The van der Waals surface area contributed by atoms with Gasteiger partial charge in [-0.05, 0) is 87.8 Å². The van der Waals surface area contributed by atoms with Crippen molar-refractivity contribution in [2.24, 2.45) is 0 Å². The van der Waals surface area contributed by atoms with Crippen LogP contribution in [0.15, 0.2) is 30.3 Å². The van der Waals surface area contributed by atoms with Crippen LogP contribution in [0.2, 0.25) is 0 Å². The molecule has 0 aliphatic heterocycles. The van der Waals surface area contributed by atoms with Crippen LogP contribution in [0.5, 0.6) is 5.75 Å². The molecule has 146 valence electrons. The Bertz CT molecular complexity index is 808. The molecule has 2 rings (SSSR count). The second kappa shape index (κ2) is 8.57. The molecule has 0 aliphatic carbocycles. The van der Waals surface area contributed by atoms with Crippen molar-refractivity contribution < 1.29 is 9.53 Å². The summed E-state index contributed by atoms with van der Waals surface area (Å²) in [6.07, 6.45) is 1.18. The van der Waals surface area contributed by atoms with Crippen molar-refractivity contribution in [2.45, 2.75) is 73.3 Å². The van der Waals surface area contributed by atoms with Crippen molar-refractivity contribution in [3.05, 3.63) is 58.1 Å². The maximum atomic E-state index is 13.1. The van der Waals surface area contributed by atoms with E-state index in [-0.39, 0.29) is 25.6 Å². The van der Waals surface area contributed by atoms with E-state index in [0.717, 1.165) is 39.7 Å². The summed E-state index contributed by atoms with van der Waals surface area (Å²) in [5, 5.41) is 1.09. The van der Waals surface area contributed by atoms with Crippen molar-refractivity contribution in [1.29, 1.82) is 0 Å². The third kappa shape index (κ3) is 5.42. The lowest BCUT2D eigenvalue weighted by atomic mass is 9.84. The molecule has 0 N–H and O–H groups in total. The predicted octanol–water partition coefficient (Wildman–Crippen LogP) is 6.23. The van der Waals surface area contributed by atoms with Gasteiger partial charge < -0.3 is 4.74 Å². The molecule has 0 bridgehead atoms. The van der Waals surface area contributed by atoms with Crippen molar-refractivity contribution >= 4 is 19.4 Å². The van der Waals surface area contributed by atoms with Crippen LogP contribution in [-0.4, -0.2) is 11.6 Å². The zero-order valence-electron chi connectivity index (χ0n) is 18.0. The second-order valence-electron chi connectivity index (χ2n) is 8.50. The van der Waals surface area contributed by atoms with Gasteiger partial charge in [0.2, 0.25) is 0 Å². The van der Waals surface area contributed by atoms with Crippen LogP contribution < -0.4 is 10.0 Å². The highest BCUT2D eigenvalue weighted by molar-refractivity contribution is 7.66. The summed E-state index contributed by atoms with van der Waals surface area (Å²) in [7, 11) is 0.129. The monoisotopic (exact) mass is 384 g/mol. The minimum atomic E-state index is 0.0848. The molecule has 3 heteroatoms. The summed E-state index contributed by atoms with van der Waals surface area (Å²) < 4.78 is 5.89. The summed E-state index contributed by atoms with van der Waals surface area (Å²) in [4.78, 5) is 13.1. The lowest BCUT2D eigenvalue weighted by Crippen LogP contribution is -2.14. The smallest absolute Gasteiger partial charge is 0.186 e. The molecule has 0 aliphatic rings. The van der Waals surface area contributed by atoms with E-state index in [1.54, 1.807) is 0 Å². The molecule has 0 spiro atoms. The quantitative estimate of drug-likeness (QED) is 0.552. The number of carbonyl (C=O) groups excluding carboxylic acids is 1. The Kier molecular flexibility index (Phi) is 6.87. The molecule has 0 saturated carbocycles. The number of hydrogen-bond donors (Lipinski definition) is 0. The summed E-state index contributed by atoms with van der Waals surface area (Å²) in [5.41, 5.74) is 5.72. The van der Waals surface area contributed by atoms with Gasteiger partial charge in [-0.25, -0.2) is 0 Å². The maximum Gasteiger partial charge on any atom is 0.186 e. The Hall–Kier alpha value is -1.66. The summed E-state index contributed by atoms with van der Waals surface area (Å²) in [6, 6.07) is 10.4. The fraction of sp³-hybridized carbons (Fsp3) is 0.458. The molecule has 0 radical (unpaired) electrons. The van der Waals surface area contributed by atoms with Crippen LogP contribution in [-0.2, 0) is 5.41 Å². The Morgan fingerprint density at radius 3 is 2.11 bits per heavy atom. The fourth-order valence-electron chi connectivity index (χ4n) is 3.10. The number of rotatable bonds is 6. The van der Waals surface area contributed by atoms with E-state index < -0.39 is 0 Å². The number of hydrogen-bond acceptors (Lipinski definition) is 2. The molecule has 0 saturated heterocycles. The Balaban J connectivity index is 2.25. The number of benzene rings is 2. The highest BCUT2D eigenvalue weighted by atomic mass is 31.1. The molecular formula is C24H33O2P. The van der Waals surface area contributed by atoms with E-state index in [0.29, 0.717) is 0 Å². The third-order valence-electron chi connectivity index (χ3n) is 4.98. The van der Waals surface area contributed by atoms with Crippen LogP contribution in [0.25, 0.3) is 0 Å². The van der Waals surface area contributed by atoms with Gasteiger partial charge in [0.05, 0.1) is 6.10 Å². The molecule has 2 aromatic carbocycles. The molecular weight excluding hydrogens is 351 g/mol. The van der Waals surface area contributed by atoms with E-state index in [2.05, 4.69) is 67.5 Å². The zero-order chi connectivity index (χ0) is 20.4. The van der Waals surface area contributed by atoms with Crippen LogP contribution in [0, 0.1) is 20.8 Å². The molecule has 2 aromatic rings. The highest BCUT2D eigenvalue weighted by Crippen LogP contribution is 2.31. The van der Waals surface area contributed by atoms with Gasteiger partial charge in [0.25, 0.3) is 0 Å². The molecule has 27 heavy (non-hydrogen) atoms. The summed E-state index contributed by atoms with van der Waals surface area (Å²) in [6.45, 7) is 17.0. The molecule has 2 atom stereocenters. The van der Waals surface area contributed by atoms with Crippen molar-refractivity contribution in [3.63, 3.8) is 0 Å². The average molecular weight is 385 g/mol. The molecule has 0 fully saturated rings. The second-order valence-corrected chi connectivity index (χ2v) is 9.75. The summed E-state index contributed by atoms with van der Waals surface area (Å²) >= 11 is 0. The zero-order valence-corrected chi connectivity index (χ0v) is 19.0. The van der Waals surface area contributed by atoms with Crippen molar-refractivity contribution in [2.75, 3.05) is 0 Å². The lowest BCUT2D eigenvalue weighted by Gasteiger charge is -2.22. The van der Waals surface area contributed by atoms with Gasteiger partial charge in [-0.15, -0.1) is 0 Å². The molecule has 0 aromatic heterocycles. The SMILES string of the molecule is CCC(C)Oc1ccc(PC(=O)c2c(C)cc(C(C)(C)C)cc2C)c(C)c1. The lowest BCUT2D eigenvalue weighted by molar-refractivity contribution is 0.108. The van der Waals surface area contributed by atoms with Crippen LogP contribution in [0.3, 0.4) is 0 Å². The normalized spacial score (nSPS) is 13.2. The van der Waals surface area contributed by atoms with E-state index in [1.807, 2.05) is 18.2 Å². The van der Waals surface area contributed by atoms with Crippen LogP contribution in [0.1, 0.15) is 73.7 Å². The number of carbonyl (C=O) groups is 1. The van der Waals surface area contributed by atoms with Gasteiger partial charge in [0.15, 0.2) is 5.52 Å². The minimum Gasteiger partial charge on any atom is -0.491 e. The van der Waals surface area contributed by atoms with Gasteiger partial charge in [-0.1, -0.05) is 45.9 Å². The predicted molar refractivity (Wildman–Crippen MR) is 118 cm³/mol. The Morgan fingerprint density at radius 1 is 1.04 bits per heavy atom. The summed E-state index contributed by atoms with van der Waals surface area (Å²) in [5.74, 6) is 0.879. The van der Waals surface area contributed by atoms with Crippen LogP contribution >= 0.6 is 8.58 Å². The molecule has 0 heterocycles. The van der Waals surface area contributed by atoms with Gasteiger partial charge in [-0.3, -0.25) is 4.79 Å². The van der Waals surface area contributed by atoms with Crippen LogP contribution in [0.4, 0.5) is 0 Å². The number of aryl methyl sites for hydroxylation is 3. The van der Waals surface area contributed by atoms with E-state index >= 15 is 0 Å². The fourth-order valence-corrected chi connectivity index (χ4v) is 4.30. The van der Waals surface area contributed by atoms with Gasteiger partial charge in [0.1, 0.15) is 5.75 Å². The Morgan fingerprint density at radius 2 is 1.63 bits per heavy atom. The standard InChI is InChI=1S/C24H33O2P/c1-9-18(5)26-20-10-11-21(15(2)14-20)27-23(25)22-16(3)12-19(13-17(22)4)24(6,7)8/h10-14,18,27H,9H2,1-8H3. The third-order valence-corrected chi connectivity index (χ3v) is 6.29. The molecule has 2 nitrogen and oxygen atoms in total. The van der Waals surface area contributed by atoms with E-state index in [9.17, 15) is 4.79 Å².